The van der Waals surface area contributed by atoms with Crippen molar-refractivity contribution in [3.8, 4) is 0 Å². The van der Waals surface area contributed by atoms with Gasteiger partial charge in [-0.15, -0.1) is 0 Å². The second kappa shape index (κ2) is 3.19. The normalized spacial score (nSPS) is 45.7. The van der Waals surface area contributed by atoms with Gasteiger partial charge in [0.15, 0.2) is 0 Å². The first-order chi connectivity index (χ1) is 7.15. The van der Waals surface area contributed by atoms with Crippen LogP contribution in [-0.4, -0.2) is 54.0 Å². The van der Waals surface area contributed by atoms with Crippen molar-refractivity contribution in [1.82, 2.24) is 9.80 Å². The molecule has 4 heteroatoms. The molecule has 3 heterocycles. The first kappa shape index (κ1) is 9.60. The van der Waals surface area contributed by atoms with Gasteiger partial charge in [-0.1, -0.05) is 0 Å². The van der Waals surface area contributed by atoms with Crippen molar-refractivity contribution in [1.29, 1.82) is 0 Å². The maximum Gasteiger partial charge on any atom is 0.220 e. The van der Waals surface area contributed by atoms with Gasteiger partial charge in [-0.05, 0) is 26.3 Å². The molecular weight excluding hydrogens is 190 g/mol. The molecule has 3 aliphatic heterocycles. The van der Waals surface area contributed by atoms with Gasteiger partial charge in [0.1, 0.15) is 0 Å². The molecule has 84 valence electrons. The molecule has 1 amide bonds. The molecule has 2 bridgehead atoms. The van der Waals surface area contributed by atoms with Crippen LogP contribution < -0.4 is 5.73 Å². The third kappa shape index (κ3) is 1.39. The van der Waals surface area contributed by atoms with Crippen molar-refractivity contribution in [3.05, 3.63) is 0 Å². The van der Waals surface area contributed by atoms with E-state index < -0.39 is 0 Å². The highest BCUT2D eigenvalue weighted by atomic mass is 16.1. The van der Waals surface area contributed by atoms with Crippen molar-refractivity contribution < 1.29 is 4.79 Å². The van der Waals surface area contributed by atoms with E-state index in [1.165, 1.54) is 19.5 Å². The molecule has 4 aliphatic rings. The molecule has 0 aromatic carbocycles. The number of nitrogens with zero attached hydrogens (tertiary/aromatic N) is 2. The molecule has 4 rings (SSSR count). The Kier molecular flexibility index (Phi) is 2.04. The van der Waals surface area contributed by atoms with E-state index in [2.05, 4.69) is 16.8 Å². The number of primary amides is 1. The zero-order chi connectivity index (χ0) is 10.6. The number of carbonyl (C=O) groups excluding carboxylic acids is 1. The van der Waals surface area contributed by atoms with E-state index in [0.29, 0.717) is 6.04 Å². The molecule has 15 heavy (non-hydrogen) atoms. The maximum absolute atomic E-state index is 10.9. The molecular formula is C11H19N3O. The summed E-state index contributed by atoms with van der Waals surface area (Å²) in [6.07, 6.45) is 3.37. The van der Waals surface area contributed by atoms with Crippen LogP contribution in [0.1, 0.15) is 19.3 Å². The van der Waals surface area contributed by atoms with Crippen LogP contribution in [0.15, 0.2) is 0 Å². The largest absolute Gasteiger partial charge is 0.369 e. The fraction of sp³-hybridized carbons (Fsp3) is 0.909. The Balaban J connectivity index is 1.53. The molecule has 4 nitrogen and oxygen atoms in total. The predicted octanol–water partition coefficient (Wildman–Crippen LogP) is -0.361. The van der Waals surface area contributed by atoms with Gasteiger partial charge in [0.05, 0.1) is 0 Å². The van der Waals surface area contributed by atoms with Gasteiger partial charge in [0, 0.05) is 37.1 Å². The Morgan fingerprint density at radius 3 is 2.20 bits per heavy atom. The molecule has 0 spiro atoms. The molecule has 0 radical (unpaired) electrons. The number of fused-ring (bicyclic) bond motifs is 2. The van der Waals surface area contributed by atoms with Crippen molar-refractivity contribution in [2.75, 3.05) is 20.1 Å². The van der Waals surface area contributed by atoms with E-state index in [1.54, 1.807) is 0 Å². The van der Waals surface area contributed by atoms with Gasteiger partial charge >= 0.3 is 0 Å². The second-order valence-electron chi connectivity index (χ2n) is 5.39. The highest BCUT2D eigenvalue weighted by Gasteiger charge is 2.46. The average molecular weight is 209 g/mol. The van der Waals surface area contributed by atoms with E-state index in [9.17, 15) is 4.79 Å². The minimum Gasteiger partial charge on any atom is -0.369 e. The number of carbonyl (C=O) groups is 1. The topological polar surface area (TPSA) is 49.6 Å². The number of piperidine rings is 1. The lowest BCUT2D eigenvalue weighted by atomic mass is 9.76. The van der Waals surface area contributed by atoms with Gasteiger partial charge in [-0.25, -0.2) is 0 Å². The number of nitrogens with two attached hydrogens (primary N) is 1. The summed E-state index contributed by atoms with van der Waals surface area (Å²) in [6.45, 7) is 2.40. The highest BCUT2D eigenvalue weighted by Crippen LogP contribution is 2.37. The Morgan fingerprint density at radius 1 is 1.13 bits per heavy atom. The lowest BCUT2D eigenvalue weighted by Crippen LogP contribution is -2.69. The molecule has 1 saturated carbocycles. The predicted molar refractivity (Wildman–Crippen MR) is 57.2 cm³/mol. The summed E-state index contributed by atoms with van der Waals surface area (Å²) < 4.78 is 0. The van der Waals surface area contributed by atoms with Crippen molar-refractivity contribution in [3.63, 3.8) is 0 Å². The smallest absolute Gasteiger partial charge is 0.220 e. The van der Waals surface area contributed by atoms with Gasteiger partial charge in [0.25, 0.3) is 0 Å². The highest BCUT2D eigenvalue weighted by molar-refractivity contribution is 5.77. The number of rotatable bonds is 2. The SMILES string of the molecule is CN1C2CC1CN(C1CC(C(N)=O)C1)C2. The van der Waals surface area contributed by atoms with E-state index in [1.807, 2.05) is 0 Å². The summed E-state index contributed by atoms with van der Waals surface area (Å²) in [5, 5.41) is 0. The summed E-state index contributed by atoms with van der Waals surface area (Å²) >= 11 is 0. The van der Waals surface area contributed by atoms with Crippen LogP contribution in [0.5, 0.6) is 0 Å². The Hall–Kier alpha value is -0.610. The number of hydrogen-bond acceptors (Lipinski definition) is 3. The fourth-order valence-corrected chi connectivity index (χ4v) is 3.25. The van der Waals surface area contributed by atoms with Crippen LogP contribution in [-0.2, 0) is 4.79 Å². The Morgan fingerprint density at radius 2 is 1.73 bits per heavy atom. The van der Waals surface area contributed by atoms with Gasteiger partial charge in [-0.3, -0.25) is 14.6 Å². The van der Waals surface area contributed by atoms with E-state index in [-0.39, 0.29) is 11.8 Å². The zero-order valence-corrected chi connectivity index (χ0v) is 9.22. The van der Waals surface area contributed by atoms with Gasteiger partial charge < -0.3 is 5.73 Å². The summed E-state index contributed by atoms with van der Waals surface area (Å²) in [4.78, 5) is 16.0. The number of hydrogen-bond donors (Lipinski definition) is 1. The molecule has 0 aromatic heterocycles. The van der Waals surface area contributed by atoms with Crippen molar-refractivity contribution in [2.24, 2.45) is 11.7 Å². The van der Waals surface area contributed by atoms with Crippen molar-refractivity contribution in [2.45, 2.75) is 37.4 Å². The molecule has 4 fully saturated rings. The summed E-state index contributed by atoms with van der Waals surface area (Å²) in [6, 6.07) is 2.19. The second-order valence-corrected chi connectivity index (χ2v) is 5.39. The molecule has 2 unspecified atom stereocenters. The first-order valence-electron chi connectivity index (χ1n) is 5.90. The van der Waals surface area contributed by atoms with Crippen LogP contribution in [0, 0.1) is 5.92 Å². The first-order valence-corrected chi connectivity index (χ1v) is 5.90. The molecule has 0 aromatic rings. The average Bonchev–Trinajstić information content (AvgIpc) is 2.14. The zero-order valence-electron chi connectivity index (χ0n) is 9.22. The number of likely N-dealkylation sites (N-methyl/N-ethyl adjacent to an activating group) is 1. The van der Waals surface area contributed by atoms with E-state index >= 15 is 0 Å². The van der Waals surface area contributed by atoms with Crippen LogP contribution in [0.4, 0.5) is 0 Å². The van der Waals surface area contributed by atoms with Crippen molar-refractivity contribution >= 4 is 5.91 Å². The Labute approximate surface area is 90.4 Å². The number of piperazine rings is 1. The summed E-state index contributed by atoms with van der Waals surface area (Å²) in [5.41, 5.74) is 5.28. The van der Waals surface area contributed by atoms with E-state index in [0.717, 1.165) is 24.9 Å². The number of amides is 1. The summed E-state index contributed by atoms with van der Waals surface area (Å²) in [5.74, 6) is 0.0523. The monoisotopic (exact) mass is 209 g/mol. The van der Waals surface area contributed by atoms with Crippen LogP contribution in [0.25, 0.3) is 0 Å². The van der Waals surface area contributed by atoms with Crippen LogP contribution in [0.2, 0.25) is 0 Å². The lowest BCUT2D eigenvalue weighted by molar-refractivity contribution is -0.130. The van der Waals surface area contributed by atoms with Gasteiger partial charge in [-0.2, -0.15) is 0 Å². The third-order valence-corrected chi connectivity index (χ3v) is 4.62. The van der Waals surface area contributed by atoms with Crippen LogP contribution in [0.3, 0.4) is 0 Å². The Bertz CT molecular complexity index is 276. The standard InChI is InChI=1S/C11H19N3O/c1-13-9-4-10(13)6-14(5-9)8-2-7(3-8)11(12)15/h7-10H,2-6H2,1H3,(H2,12,15). The molecule has 1 aliphatic carbocycles. The minimum atomic E-state index is -0.106. The molecule has 2 atom stereocenters. The third-order valence-electron chi connectivity index (χ3n) is 4.62. The minimum absolute atomic E-state index is 0.106. The lowest BCUT2D eigenvalue weighted by Gasteiger charge is -2.58. The quantitative estimate of drug-likeness (QED) is 0.675. The molecule has 3 saturated heterocycles. The van der Waals surface area contributed by atoms with E-state index in [4.69, 9.17) is 5.73 Å². The summed E-state index contributed by atoms with van der Waals surface area (Å²) in [7, 11) is 2.23. The van der Waals surface area contributed by atoms with Gasteiger partial charge in [0.2, 0.25) is 5.91 Å². The molecule has 2 N–H and O–H groups in total. The maximum atomic E-state index is 10.9. The van der Waals surface area contributed by atoms with Crippen LogP contribution >= 0.6 is 0 Å². The fourth-order valence-electron chi connectivity index (χ4n) is 3.25.